The van der Waals surface area contributed by atoms with Crippen molar-refractivity contribution in [1.82, 2.24) is 0 Å². The van der Waals surface area contributed by atoms with Crippen LogP contribution in [0.4, 0.5) is 0 Å². The molecule has 2 nitrogen and oxygen atoms in total. The zero-order valence-electron chi connectivity index (χ0n) is 8.16. The molecule has 0 spiro atoms. The highest BCUT2D eigenvalue weighted by Gasteiger charge is 2.05. The predicted molar refractivity (Wildman–Crippen MR) is 60.3 cm³/mol. The SMILES string of the molecule is COC(=O)c1ccc2ccc(Cl)cc2c1. The molecule has 2 aromatic carbocycles. The highest BCUT2D eigenvalue weighted by atomic mass is 35.5. The average molecular weight is 221 g/mol. The molecule has 2 aromatic rings. The Kier molecular flexibility index (Phi) is 2.60. The van der Waals surface area contributed by atoms with Gasteiger partial charge in [-0.2, -0.15) is 0 Å². The Morgan fingerprint density at radius 1 is 1.13 bits per heavy atom. The fraction of sp³-hybridized carbons (Fsp3) is 0.0833. The van der Waals surface area contributed by atoms with Crippen molar-refractivity contribution in [1.29, 1.82) is 0 Å². The van der Waals surface area contributed by atoms with Gasteiger partial charge in [0.1, 0.15) is 0 Å². The summed E-state index contributed by atoms with van der Waals surface area (Å²) < 4.78 is 4.64. The lowest BCUT2D eigenvalue weighted by Gasteiger charge is -2.02. The van der Waals surface area contributed by atoms with Gasteiger partial charge in [-0.05, 0) is 35.0 Å². The first kappa shape index (κ1) is 9.99. The topological polar surface area (TPSA) is 26.3 Å². The van der Waals surface area contributed by atoms with Crippen LogP contribution in [0, 0.1) is 0 Å². The van der Waals surface area contributed by atoms with E-state index in [1.165, 1.54) is 7.11 Å². The van der Waals surface area contributed by atoms with Crippen LogP contribution in [0.2, 0.25) is 5.02 Å². The molecule has 76 valence electrons. The number of carbonyl (C=O) groups excluding carboxylic acids is 1. The maximum Gasteiger partial charge on any atom is 0.337 e. The number of hydrogen-bond donors (Lipinski definition) is 0. The molecule has 0 aliphatic heterocycles. The maximum atomic E-state index is 11.3. The van der Waals surface area contributed by atoms with Crippen LogP contribution in [0.25, 0.3) is 10.8 Å². The molecule has 0 saturated heterocycles. The van der Waals surface area contributed by atoms with E-state index in [0.29, 0.717) is 10.6 Å². The summed E-state index contributed by atoms with van der Waals surface area (Å²) in [7, 11) is 1.37. The van der Waals surface area contributed by atoms with Crippen LogP contribution in [0.3, 0.4) is 0 Å². The molecule has 0 amide bonds. The van der Waals surface area contributed by atoms with Crippen LogP contribution in [0.15, 0.2) is 36.4 Å². The number of rotatable bonds is 1. The first-order valence-corrected chi connectivity index (χ1v) is 4.86. The van der Waals surface area contributed by atoms with Crippen molar-refractivity contribution in [3.63, 3.8) is 0 Å². The number of ether oxygens (including phenoxy) is 1. The van der Waals surface area contributed by atoms with E-state index in [1.807, 2.05) is 24.3 Å². The second-order valence-electron chi connectivity index (χ2n) is 3.20. The molecule has 0 aliphatic rings. The van der Waals surface area contributed by atoms with Gasteiger partial charge in [0.25, 0.3) is 0 Å². The molecule has 0 fully saturated rings. The van der Waals surface area contributed by atoms with Crippen LogP contribution in [-0.2, 0) is 4.74 Å². The average Bonchev–Trinajstić information content (AvgIpc) is 2.27. The Labute approximate surface area is 92.4 Å². The highest BCUT2D eigenvalue weighted by Crippen LogP contribution is 2.20. The van der Waals surface area contributed by atoms with E-state index in [2.05, 4.69) is 4.74 Å². The highest BCUT2D eigenvalue weighted by molar-refractivity contribution is 6.31. The van der Waals surface area contributed by atoms with Gasteiger partial charge in [-0.25, -0.2) is 4.79 Å². The minimum Gasteiger partial charge on any atom is -0.465 e. The lowest BCUT2D eigenvalue weighted by atomic mass is 10.1. The van der Waals surface area contributed by atoms with Gasteiger partial charge in [0.2, 0.25) is 0 Å². The van der Waals surface area contributed by atoms with Crippen molar-refractivity contribution in [2.24, 2.45) is 0 Å². The monoisotopic (exact) mass is 220 g/mol. The molecular weight excluding hydrogens is 212 g/mol. The first-order chi connectivity index (χ1) is 7.20. The Bertz CT molecular complexity index is 520. The summed E-state index contributed by atoms with van der Waals surface area (Å²) in [4.78, 5) is 11.3. The van der Waals surface area contributed by atoms with Gasteiger partial charge in [-0.15, -0.1) is 0 Å². The van der Waals surface area contributed by atoms with E-state index in [0.717, 1.165) is 10.8 Å². The van der Waals surface area contributed by atoms with Gasteiger partial charge in [-0.1, -0.05) is 23.7 Å². The lowest BCUT2D eigenvalue weighted by molar-refractivity contribution is 0.0601. The lowest BCUT2D eigenvalue weighted by Crippen LogP contribution is -2.00. The Balaban J connectivity index is 2.59. The summed E-state index contributed by atoms with van der Waals surface area (Å²) in [6.45, 7) is 0. The van der Waals surface area contributed by atoms with Crippen molar-refractivity contribution in [3.8, 4) is 0 Å². The second-order valence-corrected chi connectivity index (χ2v) is 3.63. The zero-order chi connectivity index (χ0) is 10.8. The zero-order valence-corrected chi connectivity index (χ0v) is 8.91. The molecule has 0 saturated carbocycles. The van der Waals surface area contributed by atoms with Crippen molar-refractivity contribution in [2.45, 2.75) is 0 Å². The number of esters is 1. The minimum atomic E-state index is -0.336. The van der Waals surface area contributed by atoms with Gasteiger partial charge < -0.3 is 4.74 Å². The minimum absolute atomic E-state index is 0.336. The summed E-state index contributed by atoms with van der Waals surface area (Å²) in [5, 5.41) is 2.64. The third-order valence-corrected chi connectivity index (χ3v) is 2.46. The van der Waals surface area contributed by atoms with Gasteiger partial charge in [0.05, 0.1) is 12.7 Å². The molecule has 0 N–H and O–H groups in total. The standard InChI is InChI=1S/C12H9ClO2/c1-15-12(14)9-3-2-8-4-5-11(13)7-10(8)6-9/h2-7H,1H3. The quantitative estimate of drug-likeness (QED) is 0.690. The third-order valence-electron chi connectivity index (χ3n) is 2.22. The smallest absolute Gasteiger partial charge is 0.337 e. The molecule has 0 aromatic heterocycles. The number of benzene rings is 2. The second kappa shape index (κ2) is 3.91. The van der Waals surface area contributed by atoms with E-state index in [4.69, 9.17) is 11.6 Å². The Morgan fingerprint density at radius 3 is 2.60 bits per heavy atom. The van der Waals surface area contributed by atoms with E-state index in [9.17, 15) is 4.79 Å². The van der Waals surface area contributed by atoms with Crippen LogP contribution >= 0.6 is 11.6 Å². The van der Waals surface area contributed by atoms with Crippen molar-refractivity contribution in [2.75, 3.05) is 7.11 Å². The number of fused-ring (bicyclic) bond motifs is 1. The number of methoxy groups -OCH3 is 1. The summed E-state index contributed by atoms with van der Waals surface area (Å²) in [6.07, 6.45) is 0. The van der Waals surface area contributed by atoms with Crippen LogP contribution in [-0.4, -0.2) is 13.1 Å². The molecule has 0 unspecified atom stereocenters. The van der Waals surface area contributed by atoms with Crippen LogP contribution in [0.5, 0.6) is 0 Å². The van der Waals surface area contributed by atoms with Crippen molar-refractivity contribution >= 4 is 28.3 Å². The van der Waals surface area contributed by atoms with E-state index >= 15 is 0 Å². The molecular formula is C12H9ClO2. The van der Waals surface area contributed by atoms with Crippen LogP contribution in [0.1, 0.15) is 10.4 Å². The summed E-state index contributed by atoms with van der Waals surface area (Å²) >= 11 is 5.87. The fourth-order valence-corrected chi connectivity index (χ4v) is 1.64. The molecule has 0 heterocycles. The van der Waals surface area contributed by atoms with Crippen LogP contribution < -0.4 is 0 Å². The van der Waals surface area contributed by atoms with Crippen molar-refractivity contribution in [3.05, 3.63) is 47.0 Å². The summed E-state index contributed by atoms with van der Waals surface area (Å²) in [5.41, 5.74) is 0.535. The predicted octanol–water partition coefficient (Wildman–Crippen LogP) is 3.28. The maximum absolute atomic E-state index is 11.3. The van der Waals surface area contributed by atoms with E-state index in [-0.39, 0.29) is 5.97 Å². The Hall–Kier alpha value is -1.54. The molecule has 0 atom stereocenters. The molecule has 3 heteroatoms. The molecule has 2 rings (SSSR count). The molecule has 0 radical (unpaired) electrons. The number of hydrogen-bond acceptors (Lipinski definition) is 2. The van der Waals surface area contributed by atoms with Gasteiger partial charge in [-0.3, -0.25) is 0 Å². The third kappa shape index (κ3) is 1.95. The van der Waals surface area contributed by atoms with E-state index in [1.54, 1.807) is 12.1 Å². The summed E-state index contributed by atoms with van der Waals surface area (Å²) in [6, 6.07) is 10.9. The molecule has 15 heavy (non-hydrogen) atoms. The molecule has 0 aliphatic carbocycles. The largest absolute Gasteiger partial charge is 0.465 e. The first-order valence-electron chi connectivity index (χ1n) is 4.48. The number of halogens is 1. The Morgan fingerprint density at radius 2 is 1.87 bits per heavy atom. The number of carbonyl (C=O) groups is 1. The van der Waals surface area contributed by atoms with Gasteiger partial charge in [0.15, 0.2) is 0 Å². The molecule has 0 bridgehead atoms. The fourth-order valence-electron chi connectivity index (χ4n) is 1.46. The van der Waals surface area contributed by atoms with Gasteiger partial charge >= 0.3 is 5.97 Å². The van der Waals surface area contributed by atoms with Gasteiger partial charge in [0, 0.05) is 5.02 Å². The normalized spacial score (nSPS) is 10.3. The van der Waals surface area contributed by atoms with E-state index < -0.39 is 0 Å². The van der Waals surface area contributed by atoms with Crippen molar-refractivity contribution < 1.29 is 9.53 Å². The summed E-state index contributed by atoms with van der Waals surface area (Å²) in [5.74, 6) is -0.336.